The van der Waals surface area contributed by atoms with Crippen molar-refractivity contribution in [2.24, 2.45) is 0 Å². The fraction of sp³-hybridized carbons (Fsp3) is 0. The monoisotopic (exact) mass is 387 g/mol. The molecule has 2 N–H and O–H groups in total. The van der Waals surface area contributed by atoms with Gasteiger partial charge in [0.2, 0.25) is 5.43 Å². The lowest BCUT2D eigenvalue weighted by molar-refractivity contribution is 0.0689. The number of carboxylic acid groups (broad SMARTS) is 1. The normalized spacial score (nSPS) is 10.5. The molecule has 2 heterocycles. The summed E-state index contributed by atoms with van der Waals surface area (Å²) in [6.07, 6.45) is 1.32. The predicted octanol–water partition coefficient (Wildman–Crippen LogP) is 2.74. The molecule has 3 aromatic rings. The lowest BCUT2D eigenvalue weighted by Gasteiger charge is -2.06. The van der Waals surface area contributed by atoms with Gasteiger partial charge in [-0.2, -0.15) is 5.10 Å². The number of hydrogen-bond acceptors (Lipinski definition) is 3. The number of nitrogens with one attached hydrogen (secondary N) is 1. The molecule has 0 saturated heterocycles. The van der Waals surface area contributed by atoms with E-state index in [1.165, 1.54) is 24.4 Å². The Morgan fingerprint density at radius 2 is 2.09 bits per heavy atom. The molecule has 0 aliphatic heterocycles. The molecule has 1 aromatic carbocycles. The summed E-state index contributed by atoms with van der Waals surface area (Å²) in [7, 11) is 0. The third-order valence-corrected chi connectivity index (χ3v) is 3.41. The zero-order valence-corrected chi connectivity index (χ0v) is 13.1. The number of H-pyrrole nitrogens is 1. The number of carboxylic acids is 1. The summed E-state index contributed by atoms with van der Waals surface area (Å²) in [5, 5.41) is 13.3. The first-order valence-corrected chi connectivity index (χ1v) is 6.57. The molecule has 0 bridgehead atoms. The van der Waals surface area contributed by atoms with Crippen molar-refractivity contribution in [2.75, 3.05) is 0 Å². The molecule has 0 fully saturated rings. The van der Waals surface area contributed by atoms with Gasteiger partial charge < -0.3 is 10.1 Å². The first-order valence-electron chi connectivity index (χ1n) is 5.78. The fourth-order valence-electron chi connectivity index (χ4n) is 2.03. The lowest BCUT2D eigenvalue weighted by atomic mass is 10.2. The molecule has 9 heteroatoms. The first-order chi connectivity index (χ1) is 9.99. The van der Waals surface area contributed by atoms with Crippen molar-refractivity contribution in [3.63, 3.8) is 0 Å². The number of carbonyl (C=O) groups is 1. The second-order valence-electron chi connectivity index (χ2n) is 4.23. The van der Waals surface area contributed by atoms with E-state index in [9.17, 15) is 19.1 Å². The van der Waals surface area contributed by atoms with Crippen molar-refractivity contribution in [3.05, 3.63) is 56.7 Å². The predicted molar refractivity (Wildman–Crippen MR) is 83.6 cm³/mol. The van der Waals surface area contributed by atoms with Gasteiger partial charge in [0.15, 0.2) is 11.2 Å². The number of aromatic amines is 1. The Hall–Kier alpha value is -2.19. The van der Waals surface area contributed by atoms with Gasteiger partial charge in [-0.15, -0.1) is 12.4 Å². The molecule has 22 heavy (non-hydrogen) atoms. The van der Waals surface area contributed by atoms with Gasteiger partial charge >= 0.3 is 5.97 Å². The highest BCUT2D eigenvalue weighted by molar-refractivity contribution is 9.10. The molecule has 2 aromatic heterocycles. The van der Waals surface area contributed by atoms with Gasteiger partial charge in [0, 0.05) is 16.7 Å². The number of halogens is 3. The van der Waals surface area contributed by atoms with Crippen LogP contribution in [0.3, 0.4) is 0 Å². The summed E-state index contributed by atoms with van der Waals surface area (Å²) in [4.78, 5) is 25.9. The average molecular weight is 389 g/mol. The van der Waals surface area contributed by atoms with Crippen molar-refractivity contribution in [2.45, 2.75) is 0 Å². The van der Waals surface area contributed by atoms with Gasteiger partial charge in [-0.1, -0.05) is 15.9 Å². The largest absolute Gasteiger partial charge is 0.476 e. The van der Waals surface area contributed by atoms with Crippen LogP contribution in [0.4, 0.5) is 4.39 Å². The van der Waals surface area contributed by atoms with Gasteiger partial charge in [0.05, 0.1) is 0 Å². The van der Waals surface area contributed by atoms with E-state index in [1.54, 1.807) is 6.07 Å². The Labute approximate surface area is 137 Å². The van der Waals surface area contributed by atoms with Crippen molar-refractivity contribution in [1.29, 1.82) is 0 Å². The lowest BCUT2D eigenvalue weighted by Crippen LogP contribution is -2.10. The van der Waals surface area contributed by atoms with Crippen molar-refractivity contribution in [3.8, 4) is 5.69 Å². The number of fused-ring (bicyclic) bond motifs is 1. The standard InChI is InChI=1S/C13H7BrFN3O3.ClH/c14-6-1-2-8(7(15)5-6)18-12(13(20)21)11-10(17-18)9(19)3-4-16-11;/h1-5,16H,(H,20,21);1H. The molecule has 0 radical (unpaired) electrons. The summed E-state index contributed by atoms with van der Waals surface area (Å²) in [6, 6.07) is 5.35. The third-order valence-electron chi connectivity index (χ3n) is 2.92. The van der Waals surface area contributed by atoms with Crippen molar-refractivity contribution >= 4 is 45.3 Å². The van der Waals surface area contributed by atoms with E-state index in [1.807, 2.05) is 0 Å². The summed E-state index contributed by atoms with van der Waals surface area (Å²) in [5.41, 5.74) is -0.805. The minimum atomic E-state index is -1.32. The summed E-state index contributed by atoms with van der Waals surface area (Å²) < 4.78 is 15.5. The van der Waals surface area contributed by atoms with E-state index < -0.39 is 17.2 Å². The van der Waals surface area contributed by atoms with Gasteiger partial charge in [0.25, 0.3) is 0 Å². The summed E-state index contributed by atoms with van der Waals surface area (Å²) in [6.45, 7) is 0. The third kappa shape index (κ3) is 2.51. The highest BCUT2D eigenvalue weighted by Gasteiger charge is 2.22. The van der Waals surface area contributed by atoms with Crippen LogP contribution >= 0.6 is 28.3 Å². The SMILES string of the molecule is Cl.O=C(O)c1c2[nH]ccc(=O)c2nn1-c1ccc(Br)cc1F. The molecule has 0 aliphatic rings. The Bertz CT molecular complexity index is 938. The number of pyridine rings is 1. The molecular weight excluding hydrogens is 381 g/mol. The topological polar surface area (TPSA) is 88.0 Å². The first kappa shape index (κ1) is 16.2. The number of nitrogens with zero attached hydrogens (tertiary/aromatic N) is 2. The van der Waals surface area contributed by atoms with Crippen LogP contribution in [0.2, 0.25) is 0 Å². The van der Waals surface area contributed by atoms with Gasteiger partial charge in [0.1, 0.15) is 17.0 Å². The highest BCUT2D eigenvalue weighted by atomic mass is 79.9. The zero-order valence-electron chi connectivity index (χ0n) is 10.7. The molecule has 0 amide bonds. The molecule has 114 valence electrons. The average Bonchev–Trinajstić information content (AvgIpc) is 2.79. The van der Waals surface area contributed by atoms with Gasteiger partial charge in [-0.3, -0.25) is 4.79 Å². The Morgan fingerprint density at radius 3 is 2.73 bits per heavy atom. The van der Waals surface area contributed by atoms with E-state index in [2.05, 4.69) is 26.0 Å². The molecule has 3 rings (SSSR count). The Morgan fingerprint density at radius 1 is 1.36 bits per heavy atom. The minimum Gasteiger partial charge on any atom is -0.476 e. The maximum absolute atomic E-state index is 14.0. The quantitative estimate of drug-likeness (QED) is 0.706. The summed E-state index contributed by atoms with van der Waals surface area (Å²) in [5.74, 6) is -1.98. The molecule has 0 spiro atoms. The number of aromatic nitrogens is 3. The van der Waals surface area contributed by atoms with E-state index in [0.717, 1.165) is 4.68 Å². The van der Waals surface area contributed by atoms with Crippen molar-refractivity contribution < 1.29 is 14.3 Å². The van der Waals surface area contributed by atoms with E-state index in [4.69, 9.17) is 0 Å². The van der Waals surface area contributed by atoms with E-state index in [-0.39, 0.29) is 34.8 Å². The van der Waals surface area contributed by atoms with Crippen LogP contribution in [-0.4, -0.2) is 25.8 Å². The number of hydrogen-bond donors (Lipinski definition) is 2. The maximum atomic E-state index is 14.0. The second kappa shape index (κ2) is 5.90. The molecule has 0 saturated carbocycles. The van der Waals surface area contributed by atoms with E-state index in [0.29, 0.717) is 4.47 Å². The van der Waals surface area contributed by atoms with Crippen LogP contribution < -0.4 is 5.43 Å². The van der Waals surface area contributed by atoms with E-state index >= 15 is 0 Å². The number of aromatic carboxylic acids is 1. The van der Waals surface area contributed by atoms with Gasteiger partial charge in [-0.25, -0.2) is 13.9 Å². The van der Waals surface area contributed by atoms with Crippen LogP contribution in [0, 0.1) is 5.82 Å². The number of rotatable bonds is 2. The Balaban J connectivity index is 0.00000176. The second-order valence-corrected chi connectivity index (χ2v) is 5.14. The highest BCUT2D eigenvalue weighted by Crippen LogP contribution is 2.22. The molecular formula is C13H8BrClFN3O3. The summed E-state index contributed by atoms with van der Waals surface area (Å²) >= 11 is 3.12. The van der Waals surface area contributed by atoms with Crippen LogP contribution in [0.1, 0.15) is 10.5 Å². The van der Waals surface area contributed by atoms with Crippen LogP contribution in [0.5, 0.6) is 0 Å². The Kier molecular flexibility index (Phi) is 4.34. The molecule has 0 unspecified atom stereocenters. The molecule has 0 atom stereocenters. The molecule has 6 nitrogen and oxygen atoms in total. The fourth-order valence-corrected chi connectivity index (χ4v) is 2.36. The van der Waals surface area contributed by atoms with Crippen LogP contribution in [-0.2, 0) is 0 Å². The zero-order chi connectivity index (χ0) is 15.1. The maximum Gasteiger partial charge on any atom is 0.356 e. The van der Waals surface area contributed by atoms with Gasteiger partial charge in [-0.05, 0) is 18.2 Å². The van der Waals surface area contributed by atoms with Crippen LogP contribution in [0.25, 0.3) is 16.7 Å². The number of benzene rings is 1. The van der Waals surface area contributed by atoms with Crippen molar-refractivity contribution in [1.82, 2.24) is 14.8 Å². The minimum absolute atomic E-state index is 0. The van der Waals surface area contributed by atoms with Crippen LogP contribution in [0.15, 0.2) is 39.7 Å². The smallest absolute Gasteiger partial charge is 0.356 e. The molecule has 0 aliphatic carbocycles.